The van der Waals surface area contributed by atoms with Gasteiger partial charge in [-0.15, -0.1) is 0 Å². The van der Waals surface area contributed by atoms with E-state index in [2.05, 4.69) is 20.8 Å². The summed E-state index contributed by atoms with van der Waals surface area (Å²) in [5.74, 6) is 0. The topological polar surface area (TPSA) is 25.2 Å². The van der Waals surface area contributed by atoms with Crippen molar-refractivity contribution in [2.75, 3.05) is 19.6 Å². The van der Waals surface area contributed by atoms with Crippen LogP contribution in [0.15, 0.2) is 27.6 Å². The first kappa shape index (κ1) is 11.9. The van der Waals surface area contributed by atoms with Crippen molar-refractivity contribution in [1.82, 2.24) is 9.47 Å². The fourth-order valence-electron chi connectivity index (χ4n) is 2.11. The van der Waals surface area contributed by atoms with Gasteiger partial charge in [0.2, 0.25) is 0 Å². The third-order valence-electron chi connectivity index (χ3n) is 3.05. The predicted octanol–water partition coefficient (Wildman–Crippen LogP) is 2.10. The number of nitrogens with zero attached hydrogens (tertiary/aromatic N) is 2. The van der Waals surface area contributed by atoms with Gasteiger partial charge in [-0.25, -0.2) is 0 Å². The second-order valence-electron chi connectivity index (χ2n) is 4.28. The minimum atomic E-state index is 0.0835. The quantitative estimate of drug-likeness (QED) is 0.849. The first-order chi connectivity index (χ1) is 7.75. The van der Waals surface area contributed by atoms with Gasteiger partial charge >= 0.3 is 0 Å². The third-order valence-corrected chi connectivity index (χ3v) is 3.52. The molecule has 0 atom stereocenters. The van der Waals surface area contributed by atoms with Crippen LogP contribution in [0.2, 0.25) is 0 Å². The Labute approximate surface area is 104 Å². The molecule has 0 amide bonds. The summed E-state index contributed by atoms with van der Waals surface area (Å²) in [5, 5.41) is 0. The molecule has 2 rings (SSSR count). The van der Waals surface area contributed by atoms with E-state index in [1.54, 1.807) is 16.7 Å². The number of rotatable bonds is 3. The average molecular weight is 285 g/mol. The first-order valence-corrected chi connectivity index (χ1v) is 6.63. The van der Waals surface area contributed by atoms with Crippen molar-refractivity contribution < 1.29 is 0 Å². The number of piperidine rings is 1. The van der Waals surface area contributed by atoms with Gasteiger partial charge in [-0.05, 0) is 47.9 Å². The van der Waals surface area contributed by atoms with Crippen LogP contribution in [0.25, 0.3) is 0 Å². The van der Waals surface area contributed by atoms with Crippen molar-refractivity contribution >= 4 is 15.9 Å². The summed E-state index contributed by atoms with van der Waals surface area (Å²) < 4.78 is 2.74. The van der Waals surface area contributed by atoms with Gasteiger partial charge < -0.3 is 9.47 Å². The molecule has 0 spiro atoms. The van der Waals surface area contributed by atoms with Crippen LogP contribution in [0.4, 0.5) is 0 Å². The number of hydrogen-bond acceptors (Lipinski definition) is 2. The van der Waals surface area contributed by atoms with E-state index in [1.807, 2.05) is 6.20 Å². The van der Waals surface area contributed by atoms with E-state index in [0.717, 1.165) is 17.6 Å². The standard InChI is InChI=1S/C12H17BrN2O/c13-11-4-5-12(16)15(10-11)9-8-14-6-2-1-3-7-14/h4-5,10H,1-3,6-9H2. The van der Waals surface area contributed by atoms with Crippen LogP contribution in [-0.4, -0.2) is 29.1 Å². The van der Waals surface area contributed by atoms with Gasteiger partial charge in [-0.1, -0.05) is 6.42 Å². The van der Waals surface area contributed by atoms with E-state index in [-0.39, 0.29) is 5.56 Å². The molecular formula is C12H17BrN2O. The number of pyridine rings is 1. The molecular weight excluding hydrogens is 268 g/mol. The van der Waals surface area contributed by atoms with Gasteiger partial charge in [-0.2, -0.15) is 0 Å². The zero-order valence-corrected chi connectivity index (χ0v) is 10.9. The number of aromatic nitrogens is 1. The van der Waals surface area contributed by atoms with Crippen molar-refractivity contribution in [1.29, 1.82) is 0 Å². The molecule has 2 heterocycles. The number of hydrogen-bond donors (Lipinski definition) is 0. The minimum absolute atomic E-state index is 0.0835. The molecule has 0 bridgehead atoms. The van der Waals surface area contributed by atoms with E-state index in [4.69, 9.17) is 0 Å². The van der Waals surface area contributed by atoms with Crippen molar-refractivity contribution in [2.45, 2.75) is 25.8 Å². The van der Waals surface area contributed by atoms with Gasteiger partial charge in [0.25, 0.3) is 5.56 Å². The lowest BCUT2D eigenvalue weighted by Gasteiger charge is -2.26. The molecule has 16 heavy (non-hydrogen) atoms. The highest BCUT2D eigenvalue weighted by Crippen LogP contribution is 2.09. The Morgan fingerprint density at radius 1 is 1.12 bits per heavy atom. The number of likely N-dealkylation sites (tertiary alicyclic amines) is 1. The summed E-state index contributed by atoms with van der Waals surface area (Å²) in [4.78, 5) is 14.0. The van der Waals surface area contributed by atoms with Crippen LogP contribution in [0.1, 0.15) is 19.3 Å². The van der Waals surface area contributed by atoms with E-state index in [9.17, 15) is 4.79 Å². The average Bonchev–Trinajstić information content (AvgIpc) is 2.32. The lowest BCUT2D eigenvalue weighted by molar-refractivity contribution is 0.220. The molecule has 4 heteroatoms. The Bertz CT molecular complexity index is 396. The summed E-state index contributed by atoms with van der Waals surface area (Å²) >= 11 is 3.39. The van der Waals surface area contributed by atoms with Gasteiger partial charge in [0.1, 0.15) is 0 Å². The molecule has 1 fully saturated rings. The molecule has 0 aliphatic carbocycles. The molecule has 1 aliphatic heterocycles. The van der Waals surface area contributed by atoms with Gasteiger partial charge in [0.15, 0.2) is 0 Å². The van der Waals surface area contributed by atoms with Crippen molar-refractivity contribution in [3.05, 3.63) is 33.2 Å². The molecule has 0 radical (unpaired) electrons. The Morgan fingerprint density at radius 3 is 2.62 bits per heavy atom. The summed E-state index contributed by atoms with van der Waals surface area (Å²) in [6, 6.07) is 3.40. The van der Waals surface area contributed by atoms with Crippen LogP contribution in [-0.2, 0) is 6.54 Å². The smallest absolute Gasteiger partial charge is 0.250 e. The van der Waals surface area contributed by atoms with Crippen LogP contribution < -0.4 is 5.56 Å². The van der Waals surface area contributed by atoms with Crippen molar-refractivity contribution in [2.24, 2.45) is 0 Å². The summed E-state index contributed by atoms with van der Waals surface area (Å²) in [7, 11) is 0. The molecule has 1 aromatic heterocycles. The normalized spacial score (nSPS) is 17.6. The molecule has 3 nitrogen and oxygen atoms in total. The lowest BCUT2D eigenvalue weighted by Crippen LogP contribution is -2.34. The van der Waals surface area contributed by atoms with Gasteiger partial charge in [0, 0.05) is 29.8 Å². The third kappa shape index (κ3) is 3.19. The molecule has 1 aliphatic rings. The van der Waals surface area contributed by atoms with Crippen LogP contribution in [0.5, 0.6) is 0 Å². The van der Waals surface area contributed by atoms with E-state index in [1.165, 1.54) is 32.4 Å². The monoisotopic (exact) mass is 284 g/mol. The molecule has 0 aromatic carbocycles. The highest BCUT2D eigenvalue weighted by atomic mass is 79.9. The maximum absolute atomic E-state index is 11.6. The SMILES string of the molecule is O=c1ccc(Br)cn1CCN1CCCCC1. The van der Waals surface area contributed by atoms with E-state index in [0.29, 0.717) is 0 Å². The fourth-order valence-corrected chi connectivity index (χ4v) is 2.49. The highest BCUT2D eigenvalue weighted by molar-refractivity contribution is 9.10. The fraction of sp³-hybridized carbons (Fsp3) is 0.583. The van der Waals surface area contributed by atoms with E-state index < -0.39 is 0 Å². The highest BCUT2D eigenvalue weighted by Gasteiger charge is 2.09. The van der Waals surface area contributed by atoms with Crippen molar-refractivity contribution in [3.63, 3.8) is 0 Å². The zero-order valence-electron chi connectivity index (χ0n) is 9.36. The Kier molecular flexibility index (Phi) is 4.18. The largest absolute Gasteiger partial charge is 0.313 e. The lowest BCUT2D eigenvalue weighted by atomic mass is 10.1. The molecule has 1 saturated heterocycles. The molecule has 0 saturated carbocycles. The van der Waals surface area contributed by atoms with E-state index >= 15 is 0 Å². The van der Waals surface area contributed by atoms with Crippen LogP contribution in [0.3, 0.4) is 0 Å². The van der Waals surface area contributed by atoms with Crippen molar-refractivity contribution in [3.8, 4) is 0 Å². The van der Waals surface area contributed by atoms with Gasteiger partial charge in [0.05, 0.1) is 0 Å². The summed E-state index contributed by atoms with van der Waals surface area (Å²) in [6.45, 7) is 4.14. The molecule has 1 aromatic rings. The minimum Gasteiger partial charge on any atom is -0.313 e. The summed E-state index contributed by atoms with van der Waals surface area (Å²) in [5.41, 5.74) is 0.0835. The maximum Gasteiger partial charge on any atom is 0.250 e. The molecule has 88 valence electrons. The number of halogens is 1. The van der Waals surface area contributed by atoms with Crippen LogP contribution >= 0.6 is 15.9 Å². The Balaban J connectivity index is 1.93. The van der Waals surface area contributed by atoms with Crippen LogP contribution in [0, 0.1) is 0 Å². The summed E-state index contributed by atoms with van der Waals surface area (Å²) in [6.07, 6.45) is 5.82. The van der Waals surface area contributed by atoms with Gasteiger partial charge in [-0.3, -0.25) is 4.79 Å². The second kappa shape index (κ2) is 5.64. The first-order valence-electron chi connectivity index (χ1n) is 5.84. The molecule has 0 N–H and O–H groups in total. The Hall–Kier alpha value is -0.610. The molecule has 0 unspecified atom stereocenters. The maximum atomic E-state index is 11.6. The zero-order chi connectivity index (χ0) is 11.4. The second-order valence-corrected chi connectivity index (χ2v) is 5.20. The predicted molar refractivity (Wildman–Crippen MR) is 68.7 cm³/mol. The Morgan fingerprint density at radius 2 is 1.88 bits per heavy atom.